The van der Waals surface area contributed by atoms with Crippen molar-refractivity contribution in [3.63, 3.8) is 0 Å². The lowest BCUT2D eigenvalue weighted by atomic mass is 10.0. The summed E-state index contributed by atoms with van der Waals surface area (Å²) in [4.78, 5) is 0.411. The molecule has 0 saturated heterocycles. The molecule has 1 unspecified atom stereocenters. The molecule has 2 rings (SSSR count). The van der Waals surface area contributed by atoms with Crippen molar-refractivity contribution in [2.45, 2.75) is 17.4 Å². The van der Waals surface area contributed by atoms with E-state index in [9.17, 15) is 8.42 Å². The number of benzene rings is 1. The van der Waals surface area contributed by atoms with Gasteiger partial charge in [0.1, 0.15) is 0 Å². The molecule has 1 aliphatic rings. The predicted octanol–water partition coefficient (Wildman–Crippen LogP) is 2.49. The number of hydrogen-bond donors (Lipinski definition) is 0. The minimum atomic E-state index is -3.37. The average Bonchev–Trinajstić information content (AvgIpc) is 2.52. The van der Waals surface area contributed by atoms with Crippen LogP contribution in [0.4, 0.5) is 0 Å². The summed E-state index contributed by atoms with van der Waals surface area (Å²) in [5.41, 5.74) is 0.856. The number of sulfonamides is 1. The van der Waals surface area contributed by atoms with E-state index in [0.717, 1.165) is 5.56 Å². The van der Waals surface area contributed by atoms with Crippen molar-refractivity contribution in [2.24, 2.45) is 0 Å². The SMILES string of the molecule is C=CCC1c2ccccc2S(=O)(=O)N1CC=C. The standard InChI is InChI=1S/C13H15NO2S/c1-3-7-12-11-8-5-6-9-13(11)17(15,16)14(12)10-4-2/h3-6,8-9,12H,1-2,7,10H2. The fourth-order valence-corrected chi connectivity index (χ4v) is 4.04. The van der Waals surface area contributed by atoms with Crippen molar-refractivity contribution < 1.29 is 8.42 Å². The first-order valence-electron chi connectivity index (χ1n) is 5.45. The van der Waals surface area contributed by atoms with Gasteiger partial charge in [-0.15, -0.1) is 13.2 Å². The quantitative estimate of drug-likeness (QED) is 0.769. The van der Waals surface area contributed by atoms with E-state index in [2.05, 4.69) is 13.2 Å². The Balaban J connectivity index is 2.57. The zero-order chi connectivity index (χ0) is 12.5. The highest BCUT2D eigenvalue weighted by atomic mass is 32.2. The molecular weight excluding hydrogens is 234 g/mol. The van der Waals surface area contributed by atoms with Gasteiger partial charge in [-0.05, 0) is 18.1 Å². The Morgan fingerprint density at radius 2 is 1.94 bits per heavy atom. The van der Waals surface area contributed by atoms with E-state index in [1.54, 1.807) is 24.3 Å². The smallest absolute Gasteiger partial charge is 0.207 e. The van der Waals surface area contributed by atoms with Crippen LogP contribution in [0.1, 0.15) is 18.0 Å². The second kappa shape index (κ2) is 4.47. The van der Waals surface area contributed by atoms with Crippen molar-refractivity contribution in [1.29, 1.82) is 0 Å². The van der Waals surface area contributed by atoms with Crippen LogP contribution in [0.5, 0.6) is 0 Å². The van der Waals surface area contributed by atoms with Crippen LogP contribution in [0.25, 0.3) is 0 Å². The Hall–Kier alpha value is -1.39. The summed E-state index contributed by atoms with van der Waals surface area (Å²) in [6.45, 7) is 7.64. The molecule has 0 saturated carbocycles. The van der Waals surface area contributed by atoms with Crippen molar-refractivity contribution in [3.8, 4) is 0 Å². The summed E-state index contributed by atoms with van der Waals surface area (Å²) >= 11 is 0. The maximum absolute atomic E-state index is 12.3. The summed E-state index contributed by atoms with van der Waals surface area (Å²) in [7, 11) is -3.37. The molecule has 4 heteroatoms. The van der Waals surface area contributed by atoms with E-state index in [1.807, 2.05) is 12.1 Å². The molecule has 3 nitrogen and oxygen atoms in total. The number of rotatable bonds is 4. The maximum Gasteiger partial charge on any atom is 0.244 e. The first-order valence-corrected chi connectivity index (χ1v) is 6.89. The van der Waals surface area contributed by atoms with Gasteiger partial charge in [-0.1, -0.05) is 30.4 Å². The Morgan fingerprint density at radius 1 is 1.24 bits per heavy atom. The molecule has 90 valence electrons. The van der Waals surface area contributed by atoms with Crippen molar-refractivity contribution in [1.82, 2.24) is 4.31 Å². The molecule has 0 radical (unpaired) electrons. The topological polar surface area (TPSA) is 37.4 Å². The van der Waals surface area contributed by atoms with Gasteiger partial charge in [0.25, 0.3) is 0 Å². The van der Waals surface area contributed by atoms with E-state index in [1.165, 1.54) is 4.31 Å². The lowest BCUT2D eigenvalue weighted by molar-refractivity contribution is 0.370. The molecule has 1 aromatic carbocycles. The molecule has 1 aliphatic heterocycles. The van der Waals surface area contributed by atoms with Crippen LogP contribution in [0.15, 0.2) is 54.5 Å². The second-order valence-electron chi connectivity index (χ2n) is 3.94. The third-order valence-corrected chi connectivity index (χ3v) is 4.86. The highest BCUT2D eigenvalue weighted by Crippen LogP contribution is 2.40. The normalized spacial score (nSPS) is 22.0. The van der Waals surface area contributed by atoms with Crippen LogP contribution < -0.4 is 0 Å². The maximum atomic E-state index is 12.3. The van der Waals surface area contributed by atoms with E-state index in [-0.39, 0.29) is 6.04 Å². The van der Waals surface area contributed by atoms with Gasteiger partial charge >= 0.3 is 0 Å². The van der Waals surface area contributed by atoms with Gasteiger partial charge in [-0.25, -0.2) is 8.42 Å². The Morgan fingerprint density at radius 3 is 2.59 bits per heavy atom. The lowest BCUT2D eigenvalue weighted by Crippen LogP contribution is -2.28. The molecule has 0 fully saturated rings. The fraction of sp³-hybridized carbons (Fsp3) is 0.231. The molecule has 1 aromatic rings. The van der Waals surface area contributed by atoms with Gasteiger partial charge in [0, 0.05) is 6.54 Å². The fourth-order valence-electron chi connectivity index (χ4n) is 2.19. The Kier molecular flexibility index (Phi) is 3.17. The molecule has 0 aromatic heterocycles. The van der Waals surface area contributed by atoms with Crippen LogP contribution in [-0.4, -0.2) is 19.3 Å². The van der Waals surface area contributed by atoms with E-state index in [0.29, 0.717) is 17.9 Å². The molecule has 0 aliphatic carbocycles. The molecule has 0 N–H and O–H groups in total. The minimum absolute atomic E-state index is 0.147. The predicted molar refractivity (Wildman–Crippen MR) is 68.1 cm³/mol. The van der Waals surface area contributed by atoms with Gasteiger partial charge in [0.15, 0.2) is 0 Å². The highest BCUT2D eigenvalue weighted by Gasteiger charge is 2.40. The zero-order valence-electron chi connectivity index (χ0n) is 9.54. The molecule has 0 spiro atoms. The van der Waals surface area contributed by atoms with Crippen LogP contribution in [0.3, 0.4) is 0 Å². The van der Waals surface area contributed by atoms with E-state index in [4.69, 9.17) is 0 Å². The molecule has 1 atom stereocenters. The summed E-state index contributed by atoms with van der Waals surface area (Å²) in [5, 5.41) is 0. The van der Waals surface area contributed by atoms with Crippen molar-refractivity contribution in [3.05, 3.63) is 55.1 Å². The minimum Gasteiger partial charge on any atom is -0.207 e. The monoisotopic (exact) mass is 249 g/mol. The summed E-state index contributed by atoms with van der Waals surface area (Å²) in [6.07, 6.45) is 3.97. The molecular formula is C13H15NO2S. The van der Waals surface area contributed by atoms with Gasteiger partial charge in [-0.3, -0.25) is 0 Å². The summed E-state index contributed by atoms with van der Waals surface area (Å²) in [6, 6.07) is 6.99. The second-order valence-corrected chi connectivity index (χ2v) is 5.80. The van der Waals surface area contributed by atoms with Gasteiger partial charge in [-0.2, -0.15) is 4.31 Å². The van der Waals surface area contributed by atoms with Crippen molar-refractivity contribution in [2.75, 3.05) is 6.54 Å². The largest absolute Gasteiger partial charge is 0.244 e. The highest BCUT2D eigenvalue weighted by molar-refractivity contribution is 7.89. The first kappa shape index (κ1) is 12.1. The summed E-state index contributed by atoms with van der Waals surface area (Å²) < 4.78 is 26.1. The molecule has 17 heavy (non-hydrogen) atoms. The van der Waals surface area contributed by atoms with Crippen LogP contribution in [0.2, 0.25) is 0 Å². The Labute approximate surface area is 102 Å². The third-order valence-electron chi connectivity index (χ3n) is 2.91. The average molecular weight is 249 g/mol. The third kappa shape index (κ3) is 1.83. The van der Waals surface area contributed by atoms with Crippen molar-refractivity contribution >= 4 is 10.0 Å². The van der Waals surface area contributed by atoms with Gasteiger partial charge in [0.2, 0.25) is 10.0 Å². The van der Waals surface area contributed by atoms with Gasteiger partial charge < -0.3 is 0 Å². The number of nitrogens with zero attached hydrogens (tertiary/aromatic N) is 1. The van der Waals surface area contributed by atoms with Gasteiger partial charge in [0.05, 0.1) is 10.9 Å². The van der Waals surface area contributed by atoms with Crippen LogP contribution >= 0.6 is 0 Å². The summed E-state index contributed by atoms with van der Waals surface area (Å²) in [5.74, 6) is 0. The van der Waals surface area contributed by atoms with Crippen LogP contribution in [-0.2, 0) is 10.0 Å². The van der Waals surface area contributed by atoms with Crippen LogP contribution in [0, 0.1) is 0 Å². The molecule has 0 bridgehead atoms. The first-order chi connectivity index (χ1) is 8.12. The lowest BCUT2D eigenvalue weighted by Gasteiger charge is -2.20. The molecule has 1 heterocycles. The van der Waals surface area contributed by atoms with E-state index >= 15 is 0 Å². The molecule has 0 amide bonds. The number of fused-ring (bicyclic) bond motifs is 1. The van der Waals surface area contributed by atoms with E-state index < -0.39 is 10.0 Å². The number of hydrogen-bond acceptors (Lipinski definition) is 2. The Bertz CT molecular complexity index is 548. The zero-order valence-corrected chi connectivity index (χ0v) is 10.4.